The van der Waals surface area contributed by atoms with Crippen molar-refractivity contribution in [3.8, 4) is 0 Å². The summed E-state index contributed by atoms with van der Waals surface area (Å²) in [4.78, 5) is 26.3. The van der Waals surface area contributed by atoms with E-state index < -0.39 is 6.04 Å². The lowest BCUT2D eigenvalue weighted by Gasteiger charge is -2.28. The van der Waals surface area contributed by atoms with E-state index in [1.165, 1.54) is 12.1 Å². The van der Waals surface area contributed by atoms with Crippen molar-refractivity contribution < 1.29 is 14.0 Å². The molecule has 0 saturated heterocycles. The molecule has 4 nitrogen and oxygen atoms in total. The predicted octanol–water partition coefficient (Wildman–Crippen LogP) is 2.57. The van der Waals surface area contributed by atoms with Crippen LogP contribution < -0.4 is 5.32 Å². The summed E-state index contributed by atoms with van der Waals surface area (Å²) < 4.78 is 13.0. The first-order valence-electron chi connectivity index (χ1n) is 8.30. The number of hydrogen-bond acceptors (Lipinski definition) is 2. The second kappa shape index (κ2) is 8.97. The van der Waals surface area contributed by atoms with Crippen LogP contribution in [0.4, 0.5) is 4.39 Å². The molecule has 1 atom stereocenters. The van der Waals surface area contributed by atoms with E-state index in [2.05, 4.69) is 5.32 Å². The Balaban J connectivity index is 2.10. The van der Waals surface area contributed by atoms with E-state index in [1.54, 1.807) is 31.0 Å². The fraction of sp³-hybridized carbons (Fsp3) is 0.300. The molecule has 1 N–H and O–H groups in total. The molecule has 132 valence electrons. The molecule has 0 bridgehead atoms. The molecule has 2 amide bonds. The highest BCUT2D eigenvalue weighted by atomic mass is 19.1. The van der Waals surface area contributed by atoms with Crippen LogP contribution >= 0.6 is 0 Å². The summed E-state index contributed by atoms with van der Waals surface area (Å²) in [5.41, 5.74) is 1.83. The van der Waals surface area contributed by atoms with Gasteiger partial charge in [0, 0.05) is 13.6 Å². The lowest BCUT2D eigenvalue weighted by atomic mass is 10.1. The van der Waals surface area contributed by atoms with Gasteiger partial charge in [0.05, 0.1) is 6.42 Å². The van der Waals surface area contributed by atoms with Gasteiger partial charge in [-0.25, -0.2) is 4.39 Å². The molecule has 0 radical (unpaired) electrons. The summed E-state index contributed by atoms with van der Waals surface area (Å²) in [6.45, 7) is 2.16. The third-order valence-corrected chi connectivity index (χ3v) is 4.17. The number of benzene rings is 2. The molecule has 25 heavy (non-hydrogen) atoms. The number of nitrogens with zero attached hydrogens (tertiary/aromatic N) is 1. The zero-order valence-corrected chi connectivity index (χ0v) is 14.5. The van der Waals surface area contributed by atoms with Gasteiger partial charge in [-0.05, 0) is 36.6 Å². The van der Waals surface area contributed by atoms with Crippen molar-refractivity contribution in [1.29, 1.82) is 0 Å². The van der Waals surface area contributed by atoms with Crippen LogP contribution in [0.1, 0.15) is 18.1 Å². The fourth-order valence-electron chi connectivity index (χ4n) is 2.66. The number of carbonyl (C=O) groups is 2. The minimum atomic E-state index is -0.568. The van der Waals surface area contributed by atoms with Gasteiger partial charge in [-0.1, -0.05) is 42.5 Å². The molecule has 2 aromatic carbocycles. The molecule has 0 aliphatic heterocycles. The summed E-state index contributed by atoms with van der Waals surface area (Å²) in [5, 5.41) is 2.59. The summed E-state index contributed by atoms with van der Waals surface area (Å²) >= 11 is 0. The molecule has 0 aliphatic rings. The Morgan fingerprint density at radius 2 is 1.68 bits per heavy atom. The predicted molar refractivity (Wildman–Crippen MR) is 95.5 cm³/mol. The van der Waals surface area contributed by atoms with Crippen molar-refractivity contribution >= 4 is 11.8 Å². The molecule has 0 aliphatic carbocycles. The largest absolute Gasteiger partial charge is 0.357 e. The molecule has 2 aromatic rings. The molecule has 0 saturated carbocycles. The van der Waals surface area contributed by atoms with Crippen molar-refractivity contribution in [2.45, 2.75) is 25.8 Å². The Hall–Kier alpha value is -2.69. The zero-order valence-electron chi connectivity index (χ0n) is 14.5. The summed E-state index contributed by atoms with van der Waals surface area (Å²) in [6.07, 6.45) is 0.799. The molecule has 0 heterocycles. The minimum Gasteiger partial charge on any atom is -0.357 e. The Morgan fingerprint density at radius 3 is 2.28 bits per heavy atom. The van der Waals surface area contributed by atoms with Gasteiger partial charge in [0.15, 0.2) is 0 Å². The van der Waals surface area contributed by atoms with Gasteiger partial charge in [-0.3, -0.25) is 9.59 Å². The van der Waals surface area contributed by atoms with Crippen molar-refractivity contribution in [3.05, 3.63) is 71.5 Å². The maximum absolute atomic E-state index is 13.0. The Labute approximate surface area is 147 Å². The molecule has 0 spiro atoms. The Bertz CT molecular complexity index is 701. The average Bonchev–Trinajstić information content (AvgIpc) is 2.63. The van der Waals surface area contributed by atoms with Crippen LogP contribution in [0.2, 0.25) is 0 Å². The van der Waals surface area contributed by atoms with E-state index in [0.29, 0.717) is 13.0 Å². The number of rotatable bonds is 7. The molecular formula is C20H23FN2O2. The first kappa shape index (κ1) is 18.6. The Kier molecular flexibility index (Phi) is 6.69. The third-order valence-electron chi connectivity index (χ3n) is 4.17. The lowest BCUT2D eigenvalue weighted by Crippen LogP contribution is -2.48. The van der Waals surface area contributed by atoms with Crippen molar-refractivity contribution in [2.75, 3.05) is 13.6 Å². The number of halogens is 1. The quantitative estimate of drug-likeness (QED) is 0.841. The molecular weight excluding hydrogens is 319 g/mol. The second-order valence-electron chi connectivity index (χ2n) is 5.92. The van der Waals surface area contributed by atoms with Crippen LogP contribution in [0.3, 0.4) is 0 Å². The van der Waals surface area contributed by atoms with Crippen molar-refractivity contribution in [2.24, 2.45) is 0 Å². The van der Waals surface area contributed by atoms with Crippen LogP contribution in [-0.2, 0) is 22.4 Å². The van der Waals surface area contributed by atoms with E-state index in [1.807, 2.05) is 30.3 Å². The van der Waals surface area contributed by atoms with Gasteiger partial charge < -0.3 is 10.2 Å². The van der Waals surface area contributed by atoms with Crippen LogP contribution in [0.15, 0.2) is 54.6 Å². The van der Waals surface area contributed by atoms with E-state index in [0.717, 1.165) is 11.1 Å². The van der Waals surface area contributed by atoms with E-state index in [9.17, 15) is 14.0 Å². The summed E-state index contributed by atoms with van der Waals surface area (Å²) in [5.74, 6) is -0.699. The first-order chi connectivity index (χ1) is 12.0. The van der Waals surface area contributed by atoms with Crippen molar-refractivity contribution in [1.82, 2.24) is 10.2 Å². The number of nitrogens with one attached hydrogen (secondary N) is 1. The minimum absolute atomic E-state index is 0.135. The third kappa shape index (κ3) is 5.41. The SMILES string of the molecule is CNC(=O)[C@@H](C)N(CCc1ccccc1)C(=O)Cc1ccc(F)cc1. The molecule has 2 rings (SSSR count). The zero-order chi connectivity index (χ0) is 18.2. The summed E-state index contributed by atoms with van der Waals surface area (Å²) in [7, 11) is 1.55. The van der Waals surface area contributed by atoms with Crippen molar-refractivity contribution in [3.63, 3.8) is 0 Å². The highest BCUT2D eigenvalue weighted by Gasteiger charge is 2.25. The van der Waals surface area contributed by atoms with Gasteiger partial charge in [-0.15, -0.1) is 0 Å². The highest BCUT2D eigenvalue weighted by Crippen LogP contribution is 2.10. The smallest absolute Gasteiger partial charge is 0.242 e. The van der Waals surface area contributed by atoms with Crippen LogP contribution in [0.25, 0.3) is 0 Å². The number of amides is 2. The number of hydrogen-bond donors (Lipinski definition) is 1. The maximum Gasteiger partial charge on any atom is 0.242 e. The Morgan fingerprint density at radius 1 is 1.04 bits per heavy atom. The lowest BCUT2D eigenvalue weighted by molar-refractivity contribution is -0.139. The average molecular weight is 342 g/mol. The topological polar surface area (TPSA) is 49.4 Å². The van der Waals surface area contributed by atoms with E-state index >= 15 is 0 Å². The van der Waals surface area contributed by atoms with Gasteiger partial charge in [0.1, 0.15) is 11.9 Å². The molecule has 0 aromatic heterocycles. The normalized spacial score (nSPS) is 11.6. The fourth-order valence-corrected chi connectivity index (χ4v) is 2.66. The molecule has 5 heteroatoms. The number of likely N-dealkylation sites (N-methyl/N-ethyl adjacent to an activating group) is 1. The van der Waals surface area contributed by atoms with Crippen LogP contribution in [-0.4, -0.2) is 36.3 Å². The van der Waals surface area contributed by atoms with Crippen LogP contribution in [0.5, 0.6) is 0 Å². The monoisotopic (exact) mass is 342 g/mol. The highest BCUT2D eigenvalue weighted by molar-refractivity contribution is 5.88. The standard InChI is InChI=1S/C20H23FN2O2/c1-15(20(25)22-2)23(13-12-16-6-4-3-5-7-16)19(24)14-17-8-10-18(21)11-9-17/h3-11,15H,12-14H2,1-2H3,(H,22,25)/t15-/m1/s1. The van der Waals surface area contributed by atoms with E-state index in [-0.39, 0.29) is 24.1 Å². The second-order valence-corrected chi connectivity index (χ2v) is 5.92. The maximum atomic E-state index is 13.0. The first-order valence-corrected chi connectivity index (χ1v) is 8.30. The van der Waals surface area contributed by atoms with E-state index in [4.69, 9.17) is 0 Å². The van der Waals surface area contributed by atoms with Crippen LogP contribution in [0, 0.1) is 5.82 Å². The molecule has 0 fully saturated rings. The van der Waals surface area contributed by atoms with Gasteiger partial charge in [-0.2, -0.15) is 0 Å². The molecule has 0 unspecified atom stereocenters. The van der Waals surface area contributed by atoms with Gasteiger partial charge in [0.25, 0.3) is 0 Å². The van der Waals surface area contributed by atoms with Gasteiger partial charge in [0.2, 0.25) is 11.8 Å². The van der Waals surface area contributed by atoms with Gasteiger partial charge >= 0.3 is 0 Å². The summed E-state index contributed by atoms with van der Waals surface area (Å²) in [6, 6.07) is 15.1. The number of carbonyl (C=O) groups excluding carboxylic acids is 2.